The highest BCUT2D eigenvalue weighted by Gasteiger charge is 2.28. The van der Waals surface area contributed by atoms with Crippen LogP contribution in [0.2, 0.25) is 0 Å². The van der Waals surface area contributed by atoms with Gasteiger partial charge in [0.2, 0.25) is 15.9 Å². The summed E-state index contributed by atoms with van der Waals surface area (Å²) in [7, 11) is -3.56. The minimum Gasteiger partial charge on any atom is -0.403 e. The average molecular weight is 427 g/mol. The van der Waals surface area contributed by atoms with Crippen molar-refractivity contribution in [2.75, 3.05) is 18.4 Å². The number of sulfonamides is 1. The van der Waals surface area contributed by atoms with Gasteiger partial charge < -0.3 is 4.42 Å². The van der Waals surface area contributed by atoms with Crippen LogP contribution in [0.3, 0.4) is 0 Å². The van der Waals surface area contributed by atoms with Crippen LogP contribution in [0.25, 0.3) is 11.5 Å². The Hall–Kier alpha value is -3.11. The molecular weight excluding hydrogens is 406 g/mol. The second kappa shape index (κ2) is 8.33. The van der Waals surface area contributed by atoms with E-state index in [1.807, 2.05) is 0 Å². The van der Waals surface area contributed by atoms with Gasteiger partial charge in [-0.15, -0.1) is 5.10 Å². The number of aromatic nitrogens is 3. The van der Waals surface area contributed by atoms with Gasteiger partial charge in [-0.3, -0.25) is 15.1 Å². The fourth-order valence-corrected chi connectivity index (χ4v) is 4.68. The van der Waals surface area contributed by atoms with E-state index in [0.29, 0.717) is 24.6 Å². The number of hydrogen-bond donors (Lipinski definition) is 1. The number of benzene rings is 1. The number of hydrogen-bond acceptors (Lipinski definition) is 7. The van der Waals surface area contributed by atoms with E-state index in [2.05, 4.69) is 27.4 Å². The number of rotatable bonds is 5. The zero-order valence-corrected chi connectivity index (χ0v) is 17.2. The Balaban J connectivity index is 1.44. The number of piperidine rings is 1. The van der Waals surface area contributed by atoms with E-state index in [0.717, 1.165) is 12.8 Å². The summed E-state index contributed by atoms with van der Waals surface area (Å²) in [5.41, 5.74) is 0.963. The van der Waals surface area contributed by atoms with Crippen molar-refractivity contribution in [1.29, 1.82) is 0 Å². The molecule has 1 aromatic carbocycles. The van der Waals surface area contributed by atoms with Crippen molar-refractivity contribution in [3.8, 4) is 11.5 Å². The predicted octanol–water partition coefficient (Wildman–Crippen LogP) is 2.80. The van der Waals surface area contributed by atoms with Gasteiger partial charge in [-0.25, -0.2) is 8.42 Å². The SMILES string of the molecule is CC1CCN(S(=O)(=O)c2ccc(C(=O)Nc3nnc(-c4ccncc4)o3)cc2)CC1. The van der Waals surface area contributed by atoms with Crippen LogP contribution in [0.1, 0.15) is 30.1 Å². The molecule has 0 saturated carbocycles. The van der Waals surface area contributed by atoms with Crippen molar-refractivity contribution >= 4 is 21.9 Å². The largest absolute Gasteiger partial charge is 0.403 e. The van der Waals surface area contributed by atoms with Gasteiger partial charge >= 0.3 is 6.01 Å². The zero-order valence-electron chi connectivity index (χ0n) is 16.4. The van der Waals surface area contributed by atoms with Crippen LogP contribution < -0.4 is 5.32 Å². The summed E-state index contributed by atoms with van der Waals surface area (Å²) in [6.07, 6.45) is 4.90. The highest BCUT2D eigenvalue weighted by atomic mass is 32.2. The molecule has 1 saturated heterocycles. The fourth-order valence-electron chi connectivity index (χ4n) is 3.21. The molecule has 3 heterocycles. The molecule has 3 aromatic rings. The lowest BCUT2D eigenvalue weighted by Gasteiger charge is -2.29. The first-order valence-electron chi connectivity index (χ1n) is 9.59. The maximum absolute atomic E-state index is 12.8. The van der Waals surface area contributed by atoms with Crippen LogP contribution in [-0.2, 0) is 10.0 Å². The van der Waals surface area contributed by atoms with Gasteiger partial charge in [0.15, 0.2) is 0 Å². The standard InChI is InChI=1S/C20H21N5O4S/c1-14-8-12-25(13-9-14)30(27,28)17-4-2-15(3-5-17)18(26)22-20-24-23-19(29-20)16-6-10-21-11-7-16/h2-7,10-11,14H,8-9,12-13H2,1H3,(H,22,24,26). The van der Waals surface area contributed by atoms with Crippen LogP contribution in [0.4, 0.5) is 6.01 Å². The van der Waals surface area contributed by atoms with E-state index in [9.17, 15) is 13.2 Å². The Kier molecular flexibility index (Phi) is 5.60. The summed E-state index contributed by atoms with van der Waals surface area (Å²) in [5, 5.41) is 10.2. The Bertz CT molecular complexity index is 1120. The first-order chi connectivity index (χ1) is 14.4. The molecule has 9 nitrogen and oxygen atoms in total. The third kappa shape index (κ3) is 4.24. The molecule has 0 unspecified atom stereocenters. The van der Waals surface area contributed by atoms with Crippen LogP contribution in [0.15, 0.2) is 58.1 Å². The lowest BCUT2D eigenvalue weighted by atomic mass is 10.0. The first kappa shape index (κ1) is 20.2. The smallest absolute Gasteiger partial charge is 0.322 e. The van der Waals surface area contributed by atoms with Gasteiger partial charge in [0.25, 0.3) is 5.91 Å². The molecule has 30 heavy (non-hydrogen) atoms. The number of nitrogens with one attached hydrogen (secondary N) is 1. The maximum Gasteiger partial charge on any atom is 0.322 e. The first-order valence-corrected chi connectivity index (χ1v) is 11.0. The summed E-state index contributed by atoms with van der Waals surface area (Å²) in [4.78, 5) is 16.5. The average Bonchev–Trinajstić information content (AvgIpc) is 3.23. The third-order valence-corrected chi connectivity index (χ3v) is 6.98. The van der Waals surface area contributed by atoms with E-state index in [-0.39, 0.29) is 22.4 Å². The van der Waals surface area contributed by atoms with Crippen LogP contribution >= 0.6 is 0 Å². The van der Waals surface area contributed by atoms with Gasteiger partial charge in [-0.1, -0.05) is 12.0 Å². The molecule has 1 aliphatic heterocycles. The van der Waals surface area contributed by atoms with E-state index < -0.39 is 15.9 Å². The minimum absolute atomic E-state index is 0.0500. The van der Waals surface area contributed by atoms with E-state index in [4.69, 9.17) is 4.42 Å². The monoisotopic (exact) mass is 427 g/mol. The molecular formula is C20H21N5O4S. The van der Waals surface area contributed by atoms with Gasteiger partial charge in [0.1, 0.15) is 0 Å². The molecule has 0 bridgehead atoms. The third-order valence-electron chi connectivity index (χ3n) is 5.07. The Morgan fingerprint density at radius 2 is 1.73 bits per heavy atom. The van der Waals surface area contributed by atoms with Gasteiger partial charge in [0.05, 0.1) is 4.90 Å². The molecule has 2 aromatic heterocycles. The molecule has 1 aliphatic rings. The number of amides is 1. The van der Waals surface area contributed by atoms with Crippen molar-refractivity contribution in [2.24, 2.45) is 5.92 Å². The molecule has 0 spiro atoms. The number of carbonyl (C=O) groups is 1. The van der Waals surface area contributed by atoms with Crippen molar-refractivity contribution in [3.63, 3.8) is 0 Å². The predicted molar refractivity (Wildman–Crippen MR) is 109 cm³/mol. The highest BCUT2D eigenvalue weighted by Crippen LogP contribution is 2.24. The fraction of sp³-hybridized carbons (Fsp3) is 0.300. The normalized spacial score (nSPS) is 15.8. The summed E-state index contributed by atoms with van der Waals surface area (Å²) in [6, 6.07) is 9.19. The second-order valence-electron chi connectivity index (χ2n) is 7.21. The van der Waals surface area contributed by atoms with Crippen LogP contribution in [-0.4, -0.2) is 46.9 Å². The van der Waals surface area contributed by atoms with Crippen molar-refractivity contribution in [2.45, 2.75) is 24.7 Å². The van der Waals surface area contributed by atoms with E-state index in [1.165, 1.54) is 28.6 Å². The molecule has 4 rings (SSSR count). The molecule has 10 heteroatoms. The Morgan fingerprint density at radius 1 is 1.07 bits per heavy atom. The Labute approximate surface area is 174 Å². The quantitative estimate of drug-likeness (QED) is 0.665. The van der Waals surface area contributed by atoms with Crippen molar-refractivity contribution in [1.82, 2.24) is 19.5 Å². The minimum atomic E-state index is -3.56. The van der Waals surface area contributed by atoms with Gasteiger partial charge in [-0.05, 0) is 55.2 Å². The molecule has 1 N–H and O–H groups in total. The number of nitrogens with zero attached hydrogens (tertiary/aromatic N) is 4. The Morgan fingerprint density at radius 3 is 2.40 bits per heavy atom. The topological polar surface area (TPSA) is 118 Å². The number of carbonyl (C=O) groups excluding carboxylic acids is 1. The molecule has 0 aliphatic carbocycles. The van der Waals surface area contributed by atoms with E-state index in [1.54, 1.807) is 24.5 Å². The summed E-state index contributed by atoms with van der Waals surface area (Å²) in [5.74, 6) is 0.312. The molecule has 0 atom stereocenters. The van der Waals surface area contributed by atoms with E-state index >= 15 is 0 Å². The number of pyridine rings is 1. The van der Waals surface area contributed by atoms with Gasteiger partial charge in [-0.2, -0.15) is 4.31 Å². The molecule has 1 amide bonds. The van der Waals surface area contributed by atoms with Crippen molar-refractivity contribution in [3.05, 3.63) is 54.4 Å². The highest BCUT2D eigenvalue weighted by molar-refractivity contribution is 7.89. The van der Waals surface area contributed by atoms with Crippen LogP contribution in [0, 0.1) is 5.92 Å². The second-order valence-corrected chi connectivity index (χ2v) is 9.15. The number of anilines is 1. The maximum atomic E-state index is 12.8. The molecule has 156 valence electrons. The lowest BCUT2D eigenvalue weighted by molar-refractivity contribution is 0.102. The summed E-state index contributed by atoms with van der Waals surface area (Å²) in [6.45, 7) is 3.16. The lowest BCUT2D eigenvalue weighted by Crippen LogP contribution is -2.37. The molecule has 0 radical (unpaired) electrons. The van der Waals surface area contributed by atoms with Gasteiger partial charge in [0, 0.05) is 36.6 Å². The molecule has 1 fully saturated rings. The summed E-state index contributed by atoms with van der Waals surface area (Å²) < 4.78 is 32.5. The van der Waals surface area contributed by atoms with Crippen LogP contribution in [0.5, 0.6) is 0 Å². The zero-order chi connectivity index (χ0) is 21.1. The summed E-state index contributed by atoms with van der Waals surface area (Å²) >= 11 is 0. The van der Waals surface area contributed by atoms with Crippen molar-refractivity contribution < 1.29 is 17.6 Å².